The number of rotatable bonds is 11. The van der Waals surface area contributed by atoms with Gasteiger partial charge in [-0.05, 0) is 74.4 Å². The number of aromatic nitrogens is 2. The van der Waals surface area contributed by atoms with Crippen LogP contribution in [0.3, 0.4) is 0 Å². The van der Waals surface area contributed by atoms with Gasteiger partial charge < -0.3 is 14.8 Å². The zero-order chi connectivity index (χ0) is 28.1. The van der Waals surface area contributed by atoms with Gasteiger partial charge in [0, 0.05) is 34.8 Å². The SMILES string of the molecule is CCCCOC(=O)c1ccc(NC(=O)C2CC2c2cn(-c3ccccc3)nc2-c2ccc(OCC)c(F)c2)cc1. The Kier molecular flexibility index (Phi) is 8.24. The molecule has 3 aromatic carbocycles. The molecule has 1 saturated carbocycles. The van der Waals surface area contributed by atoms with Crippen LogP contribution in [-0.2, 0) is 9.53 Å². The highest BCUT2D eigenvalue weighted by atomic mass is 19.1. The van der Waals surface area contributed by atoms with Crippen LogP contribution in [0.4, 0.5) is 10.1 Å². The van der Waals surface area contributed by atoms with Gasteiger partial charge in [0.15, 0.2) is 11.6 Å². The fourth-order valence-corrected chi connectivity index (χ4v) is 4.66. The van der Waals surface area contributed by atoms with Gasteiger partial charge in [0.2, 0.25) is 5.91 Å². The molecule has 4 aromatic rings. The number of ether oxygens (including phenoxy) is 2. The van der Waals surface area contributed by atoms with Crippen molar-refractivity contribution in [1.82, 2.24) is 9.78 Å². The molecule has 1 fully saturated rings. The normalized spacial score (nSPS) is 15.9. The molecule has 40 heavy (non-hydrogen) atoms. The molecule has 1 aromatic heterocycles. The number of carbonyl (C=O) groups excluding carboxylic acids is 2. The summed E-state index contributed by atoms with van der Waals surface area (Å²) >= 11 is 0. The van der Waals surface area contributed by atoms with E-state index in [2.05, 4.69) is 5.32 Å². The number of nitrogens with zero attached hydrogens (tertiary/aromatic N) is 2. The number of anilines is 1. The van der Waals surface area contributed by atoms with Crippen molar-refractivity contribution >= 4 is 17.6 Å². The second-order valence-electron chi connectivity index (χ2n) is 9.80. The number of benzene rings is 3. The van der Waals surface area contributed by atoms with Crippen molar-refractivity contribution < 1.29 is 23.5 Å². The molecule has 5 rings (SSSR count). The van der Waals surface area contributed by atoms with Crippen molar-refractivity contribution in [3.8, 4) is 22.7 Å². The Balaban J connectivity index is 1.33. The largest absolute Gasteiger partial charge is 0.491 e. The van der Waals surface area contributed by atoms with Gasteiger partial charge in [-0.25, -0.2) is 13.9 Å². The molecular formula is C32H32FN3O4. The molecule has 0 saturated heterocycles. The van der Waals surface area contributed by atoms with E-state index in [0.717, 1.165) is 24.1 Å². The van der Waals surface area contributed by atoms with Gasteiger partial charge in [-0.3, -0.25) is 4.79 Å². The average Bonchev–Trinajstić information content (AvgIpc) is 3.65. The third kappa shape index (κ3) is 6.06. The van der Waals surface area contributed by atoms with Crippen LogP contribution in [0, 0.1) is 11.7 Å². The average molecular weight is 542 g/mol. The molecule has 0 spiro atoms. The summed E-state index contributed by atoms with van der Waals surface area (Å²) in [4.78, 5) is 25.3. The third-order valence-corrected chi connectivity index (χ3v) is 6.91. The fourth-order valence-electron chi connectivity index (χ4n) is 4.66. The van der Waals surface area contributed by atoms with Crippen molar-refractivity contribution in [3.63, 3.8) is 0 Å². The van der Waals surface area contributed by atoms with Crippen molar-refractivity contribution in [2.75, 3.05) is 18.5 Å². The number of hydrogen-bond donors (Lipinski definition) is 1. The number of unbranched alkanes of at least 4 members (excludes halogenated alkanes) is 1. The highest BCUT2D eigenvalue weighted by Gasteiger charge is 2.46. The van der Waals surface area contributed by atoms with E-state index in [1.807, 2.05) is 50.4 Å². The summed E-state index contributed by atoms with van der Waals surface area (Å²) in [6, 6.07) is 21.2. The standard InChI is InChI=1S/C32H32FN3O4/c1-3-5-17-40-32(38)21-11-14-23(15-12-21)34-31(37)26-19-25(26)27-20-36(24-9-7-6-8-10-24)35-30(27)22-13-16-29(39-4-2)28(33)18-22/h6-16,18,20,25-26H,3-5,17,19H2,1-2H3,(H,34,37). The zero-order valence-electron chi connectivity index (χ0n) is 22.6. The molecule has 1 amide bonds. The molecule has 2 atom stereocenters. The van der Waals surface area contributed by atoms with E-state index in [-0.39, 0.29) is 29.5 Å². The Morgan fingerprint density at radius 3 is 2.52 bits per heavy atom. The number of carbonyl (C=O) groups is 2. The smallest absolute Gasteiger partial charge is 0.338 e. The number of esters is 1. The molecule has 0 bridgehead atoms. The van der Waals surface area contributed by atoms with Crippen LogP contribution in [0.25, 0.3) is 16.9 Å². The fraction of sp³-hybridized carbons (Fsp3) is 0.281. The Morgan fingerprint density at radius 1 is 1.05 bits per heavy atom. The number of amides is 1. The van der Waals surface area contributed by atoms with E-state index in [1.54, 1.807) is 41.1 Å². The second kappa shape index (κ2) is 12.2. The Bertz CT molecular complexity index is 1480. The van der Waals surface area contributed by atoms with E-state index in [0.29, 0.717) is 42.1 Å². The molecule has 0 aliphatic heterocycles. The summed E-state index contributed by atoms with van der Waals surface area (Å²) in [6.07, 6.45) is 4.35. The molecule has 0 radical (unpaired) electrons. The first-order valence-corrected chi connectivity index (χ1v) is 13.6. The maximum atomic E-state index is 14.8. The van der Waals surface area contributed by atoms with E-state index >= 15 is 0 Å². The minimum atomic E-state index is -0.456. The van der Waals surface area contributed by atoms with Crippen LogP contribution < -0.4 is 10.1 Å². The van der Waals surface area contributed by atoms with E-state index in [9.17, 15) is 14.0 Å². The lowest BCUT2D eigenvalue weighted by atomic mass is 10.0. The van der Waals surface area contributed by atoms with Gasteiger partial charge in [0.1, 0.15) is 0 Å². The van der Waals surface area contributed by atoms with E-state index < -0.39 is 5.82 Å². The summed E-state index contributed by atoms with van der Waals surface area (Å²) in [5.74, 6) is -1.06. The van der Waals surface area contributed by atoms with Gasteiger partial charge in [-0.2, -0.15) is 5.10 Å². The maximum Gasteiger partial charge on any atom is 0.338 e. The lowest BCUT2D eigenvalue weighted by Crippen LogP contribution is -2.15. The Morgan fingerprint density at radius 2 is 1.82 bits per heavy atom. The third-order valence-electron chi connectivity index (χ3n) is 6.91. The summed E-state index contributed by atoms with van der Waals surface area (Å²) in [7, 11) is 0. The van der Waals surface area contributed by atoms with E-state index in [1.165, 1.54) is 6.07 Å². The molecule has 1 heterocycles. The predicted octanol–water partition coefficient (Wildman–Crippen LogP) is 6.78. The van der Waals surface area contributed by atoms with Gasteiger partial charge >= 0.3 is 5.97 Å². The number of halogens is 1. The Labute approximate surface area is 232 Å². The first-order chi connectivity index (χ1) is 19.5. The lowest BCUT2D eigenvalue weighted by Gasteiger charge is -2.08. The second-order valence-corrected chi connectivity index (χ2v) is 9.80. The van der Waals surface area contributed by atoms with Gasteiger partial charge in [0.25, 0.3) is 0 Å². The number of para-hydroxylation sites is 1. The highest BCUT2D eigenvalue weighted by Crippen LogP contribution is 2.51. The molecule has 8 heteroatoms. The quantitative estimate of drug-likeness (QED) is 0.167. The summed E-state index contributed by atoms with van der Waals surface area (Å²) in [5.41, 5.74) is 4.07. The van der Waals surface area contributed by atoms with Crippen molar-refractivity contribution in [2.45, 2.75) is 39.0 Å². The Hall–Kier alpha value is -4.46. The first kappa shape index (κ1) is 27.1. The lowest BCUT2D eigenvalue weighted by molar-refractivity contribution is -0.117. The number of nitrogens with one attached hydrogen (secondary N) is 1. The molecule has 1 N–H and O–H groups in total. The molecule has 206 valence electrons. The maximum absolute atomic E-state index is 14.8. The van der Waals surface area contributed by atoms with Crippen LogP contribution in [0.15, 0.2) is 79.0 Å². The van der Waals surface area contributed by atoms with Crippen molar-refractivity contribution in [1.29, 1.82) is 0 Å². The summed E-state index contributed by atoms with van der Waals surface area (Å²) in [5, 5.41) is 7.75. The van der Waals surface area contributed by atoms with Crippen LogP contribution >= 0.6 is 0 Å². The van der Waals surface area contributed by atoms with Gasteiger partial charge in [0.05, 0.1) is 30.2 Å². The van der Waals surface area contributed by atoms with Gasteiger partial charge in [-0.1, -0.05) is 31.5 Å². The van der Waals surface area contributed by atoms with Crippen molar-refractivity contribution in [3.05, 3.63) is 95.9 Å². The molecule has 7 nitrogen and oxygen atoms in total. The topological polar surface area (TPSA) is 82.5 Å². The molecule has 2 unspecified atom stereocenters. The van der Waals surface area contributed by atoms with Crippen LogP contribution in [0.1, 0.15) is 54.9 Å². The monoisotopic (exact) mass is 541 g/mol. The number of hydrogen-bond acceptors (Lipinski definition) is 5. The highest BCUT2D eigenvalue weighted by molar-refractivity contribution is 5.96. The van der Waals surface area contributed by atoms with Crippen LogP contribution in [0.5, 0.6) is 5.75 Å². The van der Waals surface area contributed by atoms with Crippen molar-refractivity contribution in [2.24, 2.45) is 5.92 Å². The predicted molar refractivity (Wildman–Crippen MR) is 151 cm³/mol. The summed E-state index contributed by atoms with van der Waals surface area (Å²) < 4.78 is 27.1. The van der Waals surface area contributed by atoms with Crippen LogP contribution in [-0.4, -0.2) is 34.9 Å². The zero-order valence-corrected chi connectivity index (χ0v) is 22.6. The first-order valence-electron chi connectivity index (χ1n) is 13.6. The summed E-state index contributed by atoms with van der Waals surface area (Å²) in [6.45, 7) is 4.60. The molecule has 1 aliphatic carbocycles. The molecule has 1 aliphatic rings. The minimum Gasteiger partial charge on any atom is -0.491 e. The van der Waals surface area contributed by atoms with Gasteiger partial charge in [-0.15, -0.1) is 0 Å². The van der Waals surface area contributed by atoms with Crippen LogP contribution in [0.2, 0.25) is 0 Å². The van der Waals surface area contributed by atoms with E-state index in [4.69, 9.17) is 14.6 Å². The minimum absolute atomic E-state index is 0.0603. The molecular weight excluding hydrogens is 509 g/mol.